The minimum Gasteiger partial charge on any atom is -0.496 e. The summed E-state index contributed by atoms with van der Waals surface area (Å²) in [5.74, 6) is 1.58. The molecule has 0 bridgehead atoms. The third-order valence-electron chi connectivity index (χ3n) is 4.36. The van der Waals surface area contributed by atoms with Gasteiger partial charge in [-0.3, -0.25) is 4.90 Å². The van der Waals surface area contributed by atoms with Crippen LogP contribution in [0, 0.1) is 5.92 Å². The Morgan fingerprint density at radius 3 is 2.90 bits per heavy atom. The van der Waals surface area contributed by atoms with E-state index >= 15 is 0 Å². The highest BCUT2D eigenvalue weighted by Crippen LogP contribution is 2.37. The Hall–Kier alpha value is -0.580. The number of hydrogen-bond acceptors (Lipinski definition) is 3. The summed E-state index contributed by atoms with van der Waals surface area (Å²) in [6, 6.07) is 6.99. The van der Waals surface area contributed by atoms with E-state index in [9.17, 15) is 0 Å². The van der Waals surface area contributed by atoms with Gasteiger partial charge in [0.25, 0.3) is 0 Å². The molecule has 1 N–H and O–H groups in total. The van der Waals surface area contributed by atoms with Gasteiger partial charge < -0.3 is 10.1 Å². The number of nitrogens with zero attached hydrogens (tertiary/aromatic N) is 1. The van der Waals surface area contributed by atoms with Crippen LogP contribution in [0.5, 0.6) is 5.75 Å². The first-order valence-corrected chi connectivity index (χ1v) is 8.71. The lowest BCUT2D eigenvalue weighted by molar-refractivity contribution is 0.119. The third-order valence-corrected chi connectivity index (χ3v) is 4.98. The van der Waals surface area contributed by atoms with Crippen LogP contribution in [0.2, 0.25) is 0 Å². The van der Waals surface area contributed by atoms with E-state index in [1.54, 1.807) is 7.11 Å². The molecule has 1 aliphatic rings. The van der Waals surface area contributed by atoms with Crippen molar-refractivity contribution in [1.82, 2.24) is 10.2 Å². The first-order valence-electron chi connectivity index (χ1n) is 7.91. The van der Waals surface area contributed by atoms with Gasteiger partial charge in [-0.15, -0.1) is 0 Å². The van der Waals surface area contributed by atoms with Gasteiger partial charge >= 0.3 is 0 Å². The van der Waals surface area contributed by atoms with Crippen molar-refractivity contribution in [3.63, 3.8) is 0 Å². The van der Waals surface area contributed by atoms with Gasteiger partial charge in [-0.05, 0) is 85.5 Å². The Morgan fingerprint density at radius 2 is 2.24 bits per heavy atom. The maximum absolute atomic E-state index is 5.35. The monoisotopic (exact) mass is 354 g/mol. The number of rotatable bonds is 6. The zero-order chi connectivity index (χ0) is 15.2. The van der Waals surface area contributed by atoms with Gasteiger partial charge in [0.15, 0.2) is 0 Å². The van der Waals surface area contributed by atoms with Crippen molar-refractivity contribution in [1.29, 1.82) is 0 Å². The molecule has 0 aromatic heterocycles. The number of hydrogen-bond donors (Lipinski definition) is 1. The largest absolute Gasteiger partial charge is 0.496 e. The summed E-state index contributed by atoms with van der Waals surface area (Å²) >= 11 is 3.62. The van der Waals surface area contributed by atoms with E-state index in [0.29, 0.717) is 12.0 Å². The second kappa shape index (κ2) is 8.16. The molecule has 2 rings (SSSR count). The number of ether oxygens (including phenoxy) is 1. The number of nitrogens with one attached hydrogen (secondary N) is 1. The topological polar surface area (TPSA) is 24.5 Å². The van der Waals surface area contributed by atoms with E-state index in [4.69, 9.17) is 4.74 Å². The minimum atomic E-state index is 0.491. The summed E-state index contributed by atoms with van der Waals surface area (Å²) in [6.45, 7) is 5.61. The Kier molecular flexibility index (Phi) is 6.52. The SMILES string of the molecule is CCCNCC1CCCN(C)C1c1ccc(OC)c(Br)c1. The average Bonchev–Trinajstić information content (AvgIpc) is 2.47. The first-order chi connectivity index (χ1) is 10.2. The smallest absolute Gasteiger partial charge is 0.133 e. The molecule has 1 saturated heterocycles. The molecule has 2 atom stereocenters. The van der Waals surface area contributed by atoms with Gasteiger partial charge in [0, 0.05) is 6.04 Å². The molecule has 0 radical (unpaired) electrons. The molecule has 0 spiro atoms. The van der Waals surface area contributed by atoms with Gasteiger partial charge in [0.2, 0.25) is 0 Å². The van der Waals surface area contributed by atoms with Crippen LogP contribution in [0.1, 0.15) is 37.8 Å². The van der Waals surface area contributed by atoms with Crippen LogP contribution in [-0.4, -0.2) is 38.7 Å². The Morgan fingerprint density at radius 1 is 1.43 bits per heavy atom. The molecular weight excluding hydrogens is 328 g/mol. The number of methoxy groups -OCH3 is 1. The van der Waals surface area contributed by atoms with Crippen LogP contribution in [-0.2, 0) is 0 Å². The standard InChI is InChI=1S/C17H27BrN2O/c1-4-9-19-12-14-6-5-10-20(2)17(14)13-7-8-16(21-3)15(18)11-13/h7-8,11,14,17,19H,4-6,9-10,12H2,1-3H3. The Balaban J connectivity index is 2.16. The zero-order valence-electron chi connectivity index (χ0n) is 13.4. The molecule has 1 fully saturated rings. The third kappa shape index (κ3) is 4.21. The van der Waals surface area contributed by atoms with Gasteiger partial charge in [0.1, 0.15) is 5.75 Å². The molecule has 1 aromatic rings. The van der Waals surface area contributed by atoms with E-state index in [-0.39, 0.29) is 0 Å². The summed E-state index contributed by atoms with van der Waals surface area (Å²) in [4.78, 5) is 2.50. The molecule has 1 heterocycles. The van der Waals surface area contributed by atoms with Crippen molar-refractivity contribution in [3.05, 3.63) is 28.2 Å². The molecule has 0 aliphatic carbocycles. The van der Waals surface area contributed by atoms with Crippen molar-refractivity contribution in [2.24, 2.45) is 5.92 Å². The molecule has 4 heteroatoms. The van der Waals surface area contributed by atoms with E-state index in [2.05, 4.69) is 58.3 Å². The molecule has 118 valence electrons. The zero-order valence-corrected chi connectivity index (χ0v) is 14.9. The van der Waals surface area contributed by atoms with Crippen LogP contribution in [0.3, 0.4) is 0 Å². The Labute approximate surface area is 137 Å². The molecule has 1 aliphatic heterocycles. The van der Waals surface area contributed by atoms with E-state index in [1.807, 2.05) is 0 Å². The van der Waals surface area contributed by atoms with Crippen LogP contribution in [0.25, 0.3) is 0 Å². The van der Waals surface area contributed by atoms with Gasteiger partial charge in [-0.1, -0.05) is 13.0 Å². The van der Waals surface area contributed by atoms with Crippen molar-refractivity contribution in [3.8, 4) is 5.75 Å². The second-order valence-electron chi connectivity index (χ2n) is 5.93. The quantitative estimate of drug-likeness (QED) is 0.785. The van der Waals surface area contributed by atoms with Crippen LogP contribution in [0.15, 0.2) is 22.7 Å². The number of likely N-dealkylation sites (tertiary alicyclic amines) is 1. The summed E-state index contributed by atoms with van der Waals surface area (Å²) in [7, 11) is 3.96. The van der Waals surface area contributed by atoms with E-state index in [1.165, 1.54) is 31.4 Å². The molecular formula is C17H27BrN2O. The highest BCUT2D eigenvalue weighted by atomic mass is 79.9. The normalized spacial score (nSPS) is 23.2. The highest BCUT2D eigenvalue weighted by Gasteiger charge is 2.30. The lowest BCUT2D eigenvalue weighted by Gasteiger charge is -2.40. The molecule has 2 unspecified atom stereocenters. The van der Waals surface area contributed by atoms with Gasteiger partial charge in [0.05, 0.1) is 11.6 Å². The summed E-state index contributed by atoms with van der Waals surface area (Å²) < 4.78 is 6.39. The van der Waals surface area contributed by atoms with Crippen molar-refractivity contribution in [2.45, 2.75) is 32.2 Å². The first kappa shape index (κ1) is 16.8. The van der Waals surface area contributed by atoms with Gasteiger partial charge in [-0.2, -0.15) is 0 Å². The summed E-state index contributed by atoms with van der Waals surface area (Å²) in [6.07, 6.45) is 3.79. The van der Waals surface area contributed by atoms with Crippen LogP contribution < -0.4 is 10.1 Å². The van der Waals surface area contributed by atoms with Crippen molar-refractivity contribution >= 4 is 15.9 Å². The number of piperidine rings is 1. The van der Waals surface area contributed by atoms with E-state index < -0.39 is 0 Å². The highest BCUT2D eigenvalue weighted by molar-refractivity contribution is 9.10. The van der Waals surface area contributed by atoms with Crippen LogP contribution in [0.4, 0.5) is 0 Å². The molecule has 21 heavy (non-hydrogen) atoms. The van der Waals surface area contributed by atoms with E-state index in [0.717, 1.165) is 23.3 Å². The molecule has 3 nitrogen and oxygen atoms in total. The predicted molar refractivity (Wildman–Crippen MR) is 91.9 cm³/mol. The fourth-order valence-electron chi connectivity index (χ4n) is 3.33. The lowest BCUT2D eigenvalue weighted by atomic mass is 9.85. The molecule has 0 amide bonds. The van der Waals surface area contributed by atoms with Gasteiger partial charge in [-0.25, -0.2) is 0 Å². The average molecular weight is 355 g/mol. The fraction of sp³-hybridized carbons (Fsp3) is 0.647. The molecule has 0 saturated carbocycles. The maximum atomic E-state index is 5.35. The van der Waals surface area contributed by atoms with Crippen LogP contribution >= 0.6 is 15.9 Å². The predicted octanol–water partition coefficient (Wildman–Crippen LogP) is 3.84. The number of halogens is 1. The number of benzene rings is 1. The summed E-state index contributed by atoms with van der Waals surface area (Å²) in [5.41, 5.74) is 1.38. The maximum Gasteiger partial charge on any atom is 0.133 e. The summed E-state index contributed by atoms with van der Waals surface area (Å²) in [5, 5.41) is 3.60. The minimum absolute atomic E-state index is 0.491. The fourth-order valence-corrected chi connectivity index (χ4v) is 3.89. The van der Waals surface area contributed by atoms with Crippen molar-refractivity contribution in [2.75, 3.05) is 33.8 Å². The Bertz CT molecular complexity index is 452. The lowest BCUT2D eigenvalue weighted by Crippen LogP contribution is -2.40. The van der Waals surface area contributed by atoms with Crippen molar-refractivity contribution < 1.29 is 4.74 Å². The second-order valence-corrected chi connectivity index (χ2v) is 6.78. The molecule has 1 aromatic carbocycles.